The molecule has 1 amide bonds. The molecule has 0 spiro atoms. The number of methoxy groups -OCH3 is 1. The van der Waals surface area contributed by atoms with Crippen molar-refractivity contribution in [3.05, 3.63) is 59.7 Å². The van der Waals surface area contributed by atoms with Crippen molar-refractivity contribution in [1.29, 1.82) is 5.26 Å². The minimum atomic E-state index is -1.37. The third-order valence-corrected chi connectivity index (χ3v) is 3.28. The van der Waals surface area contributed by atoms with Crippen LogP contribution in [0.5, 0.6) is 11.5 Å². The molecular weight excluding hydrogens is 336 g/mol. The zero-order chi connectivity index (χ0) is 18.9. The summed E-state index contributed by atoms with van der Waals surface area (Å²) in [5.74, 6) is -1.12. The molecule has 0 saturated heterocycles. The number of nitrogens with zero attached hydrogens (tertiary/aromatic N) is 1. The minimum Gasteiger partial charge on any atom is -0.546 e. The fourth-order valence-corrected chi connectivity index (χ4v) is 2.04. The quantitative estimate of drug-likeness (QED) is 0.596. The van der Waals surface area contributed by atoms with Crippen molar-refractivity contribution in [2.24, 2.45) is 0 Å². The molecule has 0 saturated carbocycles. The summed E-state index contributed by atoms with van der Waals surface area (Å²) >= 11 is 0. The Labute approximate surface area is 150 Å². The molecule has 0 aromatic heterocycles. The Bertz CT molecular complexity index is 866. The molecule has 0 aliphatic carbocycles. The second-order valence-corrected chi connectivity index (χ2v) is 5.05. The summed E-state index contributed by atoms with van der Waals surface area (Å²) in [6, 6.07) is 14.9. The van der Waals surface area contributed by atoms with Crippen LogP contribution in [0.1, 0.15) is 5.56 Å². The van der Waals surface area contributed by atoms with E-state index in [2.05, 4.69) is 5.32 Å². The summed E-state index contributed by atoms with van der Waals surface area (Å²) in [5, 5.41) is 22.4. The van der Waals surface area contributed by atoms with Crippen LogP contribution in [0.15, 0.2) is 54.1 Å². The molecule has 0 aliphatic heterocycles. The van der Waals surface area contributed by atoms with E-state index >= 15 is 0 Å². The largest absolute Gasteiger partial charge is 0.546 e. The van der Waals surface area contributed by atoms with E-state index < -0.39 is 18.5 Å². The highest BCUT2D eigenvalue weighted by atomic mass is 16.5. The molecule has 0 atom stereocenters. The monoisotopic (exact) mass is 351 g/mol. The van der Waals surface area contributed by atoms with Gasteiger partial charge in [0.2, 0.25) is 0 Å². The van der Waals surface area contributed by atoms with Crippen molar-refractivity contribution in [2.45, 2.75) is 0 Å². The Morgan fingerprint density at radius 2 is 1.88 bits per heavy atom. The van der Waals surface area contributed by atoms with Crippen LogP contribution in [0, 0.1) is 11.3 Å². The lowest BCUT2D eigenvalue weighted by atomic mass is 10.1. The fraction of sp³-hybridized carbons (Fsp3) is 0.105. The lowest BCUT2D eigenvalue weighted by Gasteiger charge is -2.10. The average Bonchev–Trinajstić information content (AvgIpc) is 2.65. The van der Waals surface area contributed by atoms with Gasteiger partial charge >= 0.3 is 0 Å². The first kappa shape index (κ1) is 18.5. The van der Waals surface area contributed by atoms with Gasteiger partial charge in [-0.2, -0.15) is 5.26 Å². The number of carbonyl (C=O) groups excluding carboxylic acids is 2. The van der Waals surface area contributed by atoms with Gasteiger partial charge in [-0.3, -0.25) is 4.79 Å². The van der Waals surface area contributed by atoms with Gasteiger partial charge < -0.3 is 24.7 Å². The molecule has 2 aromatic carbocycles. The van der Waals surface area contributed by atoms with E-state index in [9.17, 15) is 20.0 Å². The molecule has 0 bridgehead atoms. The molecule has 0 radical (unpaired) electrons. The number of carbonyl (C=O) groups is 2. The number of anilines is 1. The highest BCUT2D eigenvalue weighted by Gasteiger charge is 2.11. The van der Waals surface area contributed by atoms with E-state index in [0.29, 0.717) is 17.0 Å². The van der Waals surface area contributed by atoms with Crippen molar-refractivity contribution < 1.29 is 24.2 Å². The minimum absolute atomic E-state index is 0.162. The highest BCUT2D eigenvalue weighted by molar-refractivity contribution is 6.09. The van der Waals surface area contributed by atoms with Crippen LogP contribution >= 0.6 is 0 Å². The Morgan fingerprint density at radius 1 is 1.19 bits per heavy atom. The molecule has 7 nitrogen and oxygen atoms in total. The third-order valence-electron chi connectivity index (χ3n) is 3.28. The molecule has 7 heteroatoms. The number of aliphatic carboxylic acids is 1. The first-order valence-corrected chi connectivity index (χ1v) is 7.52. The van der Waals surface area contributed by atoms with Crippen LogP contribution in [-0.2, 0) is 9.59 Å². The molecule has 2 aromatic rings. The standard InChI is InChI=1S/C19H16N2O5/c1-25-16-8-6-15(7-9-16)21-19(24)14(11-20)10-13-4-2-3-5-17(13)26-12-18(22)23/h2-10H,12H2,1H3,(H,21,24)(H,22,23)/p-1/b14-10+. The SMILES string of the molecule is COc1ccc(NC(=O)/C(C#N)=C/c2ccccc2OCC(=O)[O-])cc1. The molecular formula is C19H15N2O5-. The lowest BCUT2D eigenvalue weighted by Crippen LogP contribution is -2.29. The number of ether oxygens (including phenoxy) is 2. The molecule has 0 fully saturated rings. The van der Waals surface area contributed by atoms with Gasteiger partial charge in [-0.1, -0.05) is 18.2 Å². The van der Waals surface area contributed by atoms with Crippen LogP contribution in [0.25, 0.3) is 6.08 Å². The summed E-state index contributed by atoms with van der Waals surface area (Å²) in [4.78, 5) is 22.8. The number of para-hydroxylation sites is 1. The second-order valence-electron chi connectivity index (χ2n) is 5.05. The Morgan fingerprint density at radius 3 is 2.50 bits per heavy atom. The van der Waals surface area contributed by atoms with Gasteiger partial charge in [0.1, 0.15) is 29.7 Å². The molecule has 0 aliphatic rings. The number of benzene rings is 2. The van der Waals surface area contributed by atoms with Gasteiger partial charge in [0.15, 0.2) is 0 Å². The number of carboxylic acid groups (broad SMARTS) is 1. The van der Waals surface area contributed by atoms with Crippen LogP contribution in [-0.4, -0.2) is 25.6 Å². The average molecular weight is 351 g/mol. The number of carboxylic acids is 1. The van der Waals surface area contributed by atoms with E-state index in [1.165, 1.54) is 19.3 Å². The number of nitrogens with one attached hydrogen (secondary N) is 1. The maximum absolute atomic E-state index is 12.3. The lowest BCUT2D eigenvalue weighted by molar-refractivity contribution is -0.307. The topological polar surface area (TPSA) is 111 Å². The van der Waals surface area contributed by atoms with Crippen LogP contribution in [0.2, 0.25) is 0 Å². The van der Waals surface area contributed by atoms with Gasteiger partial charge in [-0.05, 0) is 36.4 Å². The molecule has 132 valence electrons. The van der Waals surface area contributed by atoms with Gasteiger partial charge in [0.25, 0.3) is 5.91 Å². The summed E-state index contributed by atoms with van der Waals surface area (Å²) in [5.41, 5.74) is 0.735. The number of amides is 1. The van der Waals surface area contributed by atoms with Gasteiger partial charge in [0, 0.05) is 11.3 Å². The number of hydrogen-bond donors (Lipinski definition) is 1. The van der Waals surface area contributed by atoms with E-state index in [1.54, 1.807) is 42.5 Å². The smallest absolute Gasteiger partial charge is 0.266 e. The normalized spacial score (nSPS) is 10.5. The van der Waals surface area contributed by atoms with Crippen molar-refractivity contribution in [3.8, 4) is 17.6 Å². The van der Waals surface area contributed by atoms with Gasteiger partial charge in [-0.15, -0.1) is 0 Å². The zero-order valence-electron chi connectivity index (χ0n) is 13.9. The second kappa shape index (κ2) is 8.89. The number of nitriles is 1. The Balaban J connectivity index is 2.20. The summed E-state index contributed by atoms with van der Waals surface area (Å²) in [6.07, 6.45) is 1.32. The molecule has 0 unspecified atom stereocenters. The predicted molar refractivity (Wildman–Crippen MR) is 92.2 cm³/mol. The molecule has 26 heavy (non-hydrogen) atoms. The van der Waals surface area contributed by atoms with Crippen molar-refractivity contribution in [2.75, 3.05) is 19.0 Å². The first-order valence-electron chi connectivity index (χ1n) is 7.52. The molecule has 1 N–H and O–H groups in total. The van der Waals surface area contributed by atoms with Gasteiger partial charge in [-0.25, -0.2) is 0 Å². The maximum atomic E-state index is 12.3. The maximum Gasteiger partial charge on any atom is 0.266 e. The Kier molecular flexibility index (Phi) is 6.34. The first-order chi connectivity index (χ1) is 12.5. The van der Waals surface area contributed by atoms with Gasteiger partial charge in [0.05, 0.1) is 13.1 Å². The summed E-state index contributed by atoms with van der Waals surface area (Å²) < 4.78 is 10.1. The van der Waals surface area contributed by atoms with Crippen LogP contribution in [0.4, 0.5) is 5.69 Å². The summed E-state index contributed by atoms with van der Waals surface area (Å²) in [6.45, 7) is -0.634. The number of rotatable bonds is 7. The zero-order valence-corrected chi connectivity index (χ0v) is 13.9. The molecule has 0 heterocycles. The van der Waals surface area contributed by atoms with Crippen LogP contribution in [0.3, 0.4) is 0 Å². The van der Waals surface area contributed by atoms with Crippen LogP contribution < -0.4 is 19.9 Å². The van der Waals surface area contributed by atoms with Crippen molar-refractivity contribution in [3.63, 3.8) is 0 Å². The van der Waals surface area contributed by atoms with E-state index in [0.717, 1.165) is 0 Å². The van der Waals surface area contributed by atoms with E-state index in [4.69, 9.17) is 9.47 Å². The van der Waals surface area contributed by atoms with E-state index in [1.807, 2.05) is 6.07 Å². The van der Waals surface area contributed by atoms with E-state index in [-0.39, 0.29) is 11.3 Å². The number of hydrogen-bond acceptors (Lipinski definition) is 6. The predicted octanol–water partition coefficient (Wildman–Crippen LogP) is 1.37. The summed E-state index contributed by atoms with van der Waals surface area (Å²) in [7, 11) is 1.53. The highest BCUT2D eigenvalue weighted by Crippen LogP contribution is 2.22. The van der Waals surface area contributed by atoms with Crippen molar-refractivity contribution in [1.82, 2.24) is 0 Å². The third kappa shape index (κ3) is 5.11. The molecule has 2 rings (SSSR count). The van der Waals surface area contributed by atoms with Crippen molar-refractivity contribution >= 4 is 23.6 Å². The Hall–Kier alpha value is -3.79. The fourth-order valence-electron chi connectivity index (χ4n) is 2.04.